The van der Waals surface area contributed by atoms with Crippen LogP contribution in [0.2, 0.25) is 0 Å². The first kappa shape index (κ1) is 27.4. The van der Waals surface area contributed by atoms with Gasteiger partial charge < -0.3 is 16.2 Å². The van der Waals surface area contributed by atoms with Crippen molar-refractivity contribution in [3.05, 3.63) is 95.6 Å². The average molecular weight is 500 g/mol. The highest BCUT2D eigenvalue weighted by atomic mass is 19.4. The number of carboxylic acids is 1. The zero-order chi connectivity index (χ0) is 26.0. The van der Waals surface area contributed by atoms with Crippen molar-refractivity contribution in [3.63, 3.8) is 0 Å². The van der Waals surface area contributed by atoms with Gasteiger partial charge in [-0.15, -0.1) is 0 Å². The SMILES string of the molecule is NCc1cccc(-c2cccc(CNC3CCN(Cc4ccccc4)CC3)c2)c1.O=C(O)C(F)(F)F. The minimum atomic E-state index is -5.08. The molecular weight excluding hydrogens is 467 g/mol. The Morgan fingerprint density at radius 2 is 1.42 bits per heavy atom. The summed E-state index contributed by atoms with van der Waals surface area (Å²) in [6.45, 7) is 4.90. The van der Waals surface area contributed by atoms with Gasteiger partial charge in [-0.3, -0.25) is 4.90 Å². The molecule has 0 bridgehead atoms. The fraction of sp³-hybridized carbons (Fsp3) is 0.321. The molecule has 4 N–H and O–H groups in total. The Labute approximate surface area is 209 Å². The molecule has 0 saturated carbocycles. The highest BCUT2D eigenvalue weighted by Crippen LogP contribution is 2.22. The van der Waals surface area contributed by atoms with Crippen molar-refractivity contribution < 1.29 is 23.1 Å². The predicted molar refractivity (Wildman–Crippen MR) is 135 cm³/mol. The van der Waals surface area contributed by atoms with Crippen LogP contribution in [0.25, 0.3) is 11.1 Å². The van der Waals surface area contributed by atoms with Gasteiger partial charge in [-0.1, -0.05) is 66.7 Å². The maximum Gasteiger partial charge on any atom is 0.490 e. The van der Waals surface area contributed by atoms with Gasteiger partial charge in [-0.25, -0.2) is 4.79 Å². The topological polar surface area (TPSA) is 78.6 Å². The summed E-state index contributed by atoms with van der Waals surface area (Å²) in [5.41, 5.74) is 12.2. The van der Waals surface area contributed by atoms with Crippen molar-refractivity contribution in [1.82, 2.24) is 10.2 Å². The Morgan fingerprint density at radius 1 is 0.889 bits per heavy atom. The van der Waals surface area contributed by atoms with Crippen molar-refractivity contribution >= 4 is 5.97 Å². The van der Waals surface area contributed by atoms with E-state index >= 15 is 0 Å². The van der Waals surface area contributed by atoms with E-state index in [1.807, 2.05) is 0 Å². The van der Waals surface area contributed by atoms with E-state index in [0.717, 1.165) is 13.1 Å². The van der Waals surface area contributed by atoms with Gasteiger partial charge in [0.2, 0.25) is 0 Å². The van der Waals surface area contributed by atoms with Crippen molar-refractivity contribution in [3.8, 4) is 11.1 Å². The molecule has 4 rings (SSSR count). The van der Waals surface area contributed by atoms with Crippen molar-refractivity contribution in [1.29, 1.82) is 0 Å². The molecule has 3 aromatic carbocycles. The fourth-order valence-corrected chi connectivity index (χ4v) is 4.14. The Kier molecular flexibility index (Phi) is 10.0. The van der Waals surface area contributed by atoms with Crippen LogP contribution in [-0.4, -0.2) is 41.3 Å². The first-order valence-corrected chi connectivity index (χ1v) is 11.9. The summed E-state index contributed by atoms with van der Waals surface area (Å²) in [5, 5.41) is 10.9. The molecule has 1 aliphatic heterocycles. The number of nitrogens with zero attached hydrogens (tertiary/aromatic N) is 1. The monoisotopic (exact) mass is 499 g/mol. The number of carbonyl (C=O) groups is 1. The zero-order valence-electron chi connectivity index (χ0n) is 20.0. The third-order valence-corrected chi connectivity index (χ3v) is 6.10. The molecule has 8 heteroatoms. The van der Waals surface area contributed by atoms with Crippen LogP contribution in [-0.2, 0) is 24.4 Å². The van der Waals surface area contributed by atoms with E-state index in [4.69, 9.17) is 15.6 Å². The van der Waals surface area contributed by atoms with Gasteiger partial charge in [0.15, 0.2) is 0 Å². The molecule has 192 valence electrons. The number of carboxylic acid groups (broad SMARTS) is 1. The van der Waals surface area contributed by atoms with Crippen molar-refractivity contribution in [2.45, 2.75) is 44.7 Å². The summed E-state index contributed by atoms with van der Waals surface area (Å²) in [5.74, 6) is -2.76. The van der Waals surface area contributed by atoms with Crippen LogP contribution < -0.4 is 11.1 Å². The van der Waals surface area contributed by atoms with E-state index in [0.29, 0.717) is 12.6 Å². The minimum absolute atomic E-state index is 0.581. The summed E-state index contributed by atoms with van der Waals surface area (Å²) >= 11 is 0. The lowest BCUT2D eigenvalue weighted by Gasteiger charge is -2.32. The van der Waals surface area contributed by atoms with Gasteiger partial charge in [-0.2, -0.15) is 13.2 Å². The molecule has 1 fully saturated rings. The van der Waals surface area contributed by atoms with Gasteiger partial charge in [0.25, 0.3) is 0 Å². The quantitative estimate of drug-likeness (QED) is 0.417. The number of alkyl halides is 3. The van der Waals surface area contributed by atoms with Gasteiger partial charge in [0.1, 0.15) is 0 Å². The second-order valence-corrected chi connectivity index (χ2v) is 8.82. The van der Waals surface area contributed by atoms with E-state index in [1.54, 1.807) is 0 Å². The molecule has 1 saturated heterocycles. The molecule has 0 spiro atoms. The number of likely N-dealkylation sites (tertiary alicyclic amines) is 1. The highest BCUT2D eigenvalue weighted by molar-refractivity contribution is 5.73. The third-order valence-electron chi connectivity index (χ3n) is 6.10. The number of aliphatic carboxylic acids is 1. The average Bonchev–Trinajstić information content (AvgIpc) is 2.89. The van der Waals surface area contributed by atoms with E-state index in [-0.39, 0.29) is 0 Å². The molecular formula is C28H32F3N3O2. The van der Waals surface area contributed by atoms with E-state index in [9.17, 15) is 13.2 Å². The van der Waals surface area contributed by atoms with Crippen LogP contribution in [0.1, 0.15) is 29.5 Å². The second kappa shape index (κ2) is 13.2. The number of hydrogen-bond acceptors (Lipinski definition) is 4. The Balaban J connectivity index is 0.000000454. The Bertz CT molecular complexity index is 1100. The van der Waals surface area contributed by atoms with Crippen molar-refractivity contribution in [2.75, 3.05) is 13.1 Å². The fourth-order valence-electron chi connectivity index (χ4n) is 4.14. The lowest BCUT2D eigenvalue weighted by molar-refractivity contribution is -0.192. The first-order valence-electron chi connectivity index (χ1n) is 11.9. The summed E-state index contributed by atoms with van der Waals surface area (Å²) in [6.07, 6.45) is -2.66. The van der Waals surface area contributed by atoms with Crippen LogP contribution in [0.5, 0.6) is 0 Å². The normalized spacial score (nSPS) is 14.7. The second-order valence-electron chi connectivity index (χ2n) is 8.82. The summed E-state index contributed by atoms with van der Waals surface area (Å²) in [4.78, 5) is 11.5. The maximum absolute atomic E-state index is 10.6. The molecule has 0 atom stereocenters. The Hall–Kier alpha value is -3.20. The van der Waals surface area contributed by atoms with Crippen molar-refractivity contribution in [2.24, 2.45) is 5.73 Å². The maximum atomic E-state index is 10.6. The predicted octanol–water partition coefficient (Wildman–Crippen LogP) is 5.20. The van der Waals surface area contributed by atoms with Crippen LogP contribution in [0, 0.1) is 0 Å². The van der Waals surface area contributed by atoms with Gasteiger partial charge in [0, 0.05) is 25.7 Å². The van der Waals surface area contributed by atoms with Crippen LogP contribution in [0.15, 0.2) is 78.9 Å². The molecule has 36 heavy (non-hydrogen) atoms. The van der Waals surface area contributed by atoms with Crippen LogP contribution >= 0.6 is 0 Å². The van der Waals surface area contributed by atoms with E-state index in [2.05, 4.69) is 89.1 Å². The summed E-state index contributed by atoms with van der Waals surface area (Å²) < 4.78 is 31.7. The molecule has 0 amide bonds. The Morgan fingerprint density at radius 3 is 1.97 bits per heavy atom. The summed E-state index contributed by atoms with van der Waals surface area (Å²) in [6, 6.07) is 28.8. The number of nitrogens with two attached hydrogens (primary N) is 1. The molecule has 0 unspecified atom stereocenters. The lowest BCUT2D eigenvalue weighted by Crippen LogP contribution is -2.41. The van der Waals surface area contributed by atoms with Crippen LogP contribution in [0.3, 0.4) is 0 Å². The number of benzene rings is 3. The number of nitrogens with one attached hydrogen (secondary N) is 1. The summed E-state index contributed by atoms with van der Waals surface area (Å²) in [7, 11) is 0. The molecule has 5 nitrogen and oxygen atoms in total. The third kappa shape index (κ3) is 8.78. The van der Waals surface area contributed by atoms with Gasteiger partial charge >= 0.3 is 12.1 Å². The van der Waals surface area contributed by atoms with E-state index < -0.39 is 12.1 Å². The number of rotatable bonds is 7. The van der Waals surface area contributed by atoms with Gasteiger partial charge in [0.05, 0.1) is 0 Å². The molecule has 3 aromatic rings. The highest BCUT2D eigenvalue weighted by Gasteiger charge is 2.38. The zero-order valence-corrected chi connectivity index (χ0v) is 20.0. The number of piperidine rings is 1. The van der Waals surface area contributed by atoms with Crippen LogP contribution in [0.4, 0.5) is 13.2 Å². The molecule has 0 aromatic heterocycles. The standard InChI is InChI=1S/C26H31N3.C2HF3O2/c27-18-22-8-4-10-24(16-22)25-11-5-9-23(17-25)19-28-26-12-14-29(15-13-26)20-21-6-2-1-3-7-21;3-2(4,5)1(6)7/h1-11,16-17,26,28H,12-15,18-20,27H2;(H,6,7). The van der Waals surface area contributed by atoms with Gasteiger partial charge in [-0.05, 0) is 65.9 Å². The smallest absolute Gasteiger partial charge is 0.475 e. The first-order chi connectivity index (χ1) is 17.2. The minimum Gasteiger partial charge on any atom is -0.475 e. The largest absolute Gasteiger partial charge is 0.490 e. The van der Waals surface area contributed by atoms with E-state index in [1.165, 1.54) is 53.7 Å². The molecule has 1 heterocycles. The molecule has 0 aliphatic carbocycles. The number of halogens is 3. The molecule has 1 aliphatic rings. The molecule has 0 radical (unpaired) electrons. The lowest BCUT2D eigenvalue weighted by atomic mass is 10.0. The number of hydrogen-bond donors (Lipinski definition) is 3.